The van der Waals surface area contributed by atoms with Crippen LogP contribution in [0.3, 0.4) is 0 Å². The number of nitrogens with two attached hydrogens (primary N) is 1. The van der Waals surface area contributed by atoms with E-state index in [1.165, 1.54) is 23.8 Å². The maximum atomic E-state index is 12.6. The van der Waals surface area contributed by atoms with Gasteiger partial charge in [0.25, 0.3) is 5.91 Å². The van der Waals surface area contributed by atoms with Crippen molar-refractivity contribution < 1.29 is 9.59 Å². The molecule has 0 radical (unpaired) electrons. The first-order valence-corrected chi connectivity index (χ1v) is 8.24. The number of anilines is 1. The van der Waals surface area contributed by atoms with Crippen molar-refractivity contribution in [2.75, 3.05) is 25.0 Å². The van der Waals surface area contributed by atoms with E-state index in [0.717, 1.165) is 6.42 Å². The lowest BCUT2D eigenvalue weighted by molar-refractivity contribution is -0.114. The van der Waals surface area contributed by atoms with Crippen molar-refractivity contribution in [1.29, 1.82) is 0 Å². The van der Waals surface area contributed by atoms with Gasteiger partial charge in [0.15, 0.2) is 5.13 Å². The van der Waals surface area contributed by atoms with E-state index in [9.17, 15) is 9.59 Å². The lowest BCUT2D eigenvalue weighted by Crippen LogP contribution is -2.37. The predicted octanol–water partition coefficient (Wildman–Crippen LogP) is 1.75. The van der Waals surface area contributed by atoms with Crippen LogP contribution in [0.4, 0.5) is 5.13 Å². The average Bonchev–Trinajstić information content (AvgIpc) is 2.99. The van der Waals surface area contributed by atoms with Crippen LogP contribution in [0.25, 0.3) is 0 Å². The second-order valence-electron chi connectivity index (χ2n) is 5.04. The summed E-state index contributed by atoms with van der Waals surface area (Å²) in [6.45, 7) is 2.85. The summed E-state index contributed by atoms with van der Waals surface area (Å²) in [5, 5.41) is 4.66. The smallest absolute Gasteiger partial charge is 0.273 e. The molecule has 0 aliphatic heterocycles. The lowest BCUT2D eigenvalue weighted by atomic mass is 10.1. The number of hydrogen-bond donors (Lipinski definition) is 2. The van der Waals surface area contributed by atoms with Crippen LogP contribution in [-0.4, -0.2) is 41.3 Å². The fourth-order valence-electron chi connectivity index (χ4n) is 2.12. The van der Waals surface area contributed by atoms with Crippen LogP contribution in [0.5, 0.6) is 0 Å². The maximum Gasteiger partial charge on any atom is 0.273 e. The molecule has 0 spiro atoms. The van der Waals surface area contributed by atoms with Crippen molar-refractivity contribution in [3.8, 4) is 0 Å². The molecule has 23 heavy (non-hydrogen) atoms. The molecule has 1 aromatic heterocycles. The highest BCUT2D eigenvalue weighted by atomic mass is 32.1. The summed E-state index contributed by atoms with van der Waals surface area (Å²) < 4.78 is 0. The Morgan fingerprint density at radius 3 is 2.65 bits per heavy atom. The van der Waals surface area contributed by atoms with Crippen LogP contribution in [-0.2, 0) is 11.2 Å². The highest BCUT2D eigenvalue weighted by Crippen LogP contribution is 2.17. The van der Waals surface area contributed by atoms with Crippen LogP contribution in [0.15, 0.2) is 35.7 Å². The van der Waals surface area contributed by atoms with Crippen molar-refractivity contribution >= 4 is 28.3 Å². The van der Waals surface area contributed by atoms with Gasteiger partial charge in [-0.2, -0.15) is 0 Å². The van der Waals surface area contributed by atoms with Gasteiger partial charge < -0.3 is 16.0 Å². The lowest BCUT2D eigenvalue weighted by Gasteiger charge is -2.21. The summed E-state index contributed by atoms with van der Waals surface area (Å²) in [4.78, 5) is 29.4. The molecule has 1 heterocycles. The Labute approximate surface area is 139 Å². The van der Waals surface area contributed by atoms with Crippen molar-refractivity contribution in [1.82, 2.24) is 9.88 Å². The van der Waals surface area contributed by atoms with E-state index in [1.807, 2.05) is 30.3 Å². The molecule has 0 bridgehead atoms. The van der Waals surface area contributed by atoms with Crippen LogP contribution in [0, 0.1) is 0 Å². The largest absolute Gasteiger partial charge is 0.336 e. The van der Waals surface area contributed by atoms with Gasteiger partial charge in [-0.1, -0.05) is 30.3 Å². The Kier molecular flexibility index (Phi) is 6.25. The van der Waals surface area contributed by atoms with Crippen LogP contribution in [0.2, 0.25) is 0 Å². The molecular formula is C16H20N4O2S. The summed E-state index contributed by atoms with van der Waals surface area (Å²) in [5.74, 6) is -0.375. The van der Waals surface area contributed by atoms with E-state index in [-0.39, 0.29) is 11.8 Å². The minimum absolute atomic E-state index is 0.167. The van der Waals surface area contributed by atoms with Crippen molar-refractivity contribution in [2.45, 2.75) is 13.3 Å². The summed E-state index contributed by atoms with van der Waals surface area (Å²) in [6.07, 6.45) is 0.759. The van der Waals surface area contributed by atoms with Gasteiger partial charge in [-0.25, -0.2) is 4.98 Å². The van der Waals surface area contributed by atoms with Gasteiger partial charge in [-0.15, -0.1) is 11.3 Å². The molecular weight excluding hydrogens is 312 g/mol. The molecule has 0 fully saturated rings. The molecule has 0 saturated carbocycles. The van der Waals surface area contributed by atoms with E-state index in [4.69, 9.17) is 5.73 Å². The summed E-state index contributed by atoms with van der Waals surface area (Å²) >= 11 is 1.23. The SMILES string of the molecule is CC(=O)Nc1nc(C(=O)N(CCN)CCc2ccccc2)cs1. The Morgan fingerprint density at radius 2 is 2.00 bits per heavy atom. The quantitative estimate of drug-likeness (QED) is 0.808. The molecule has 2 rings (SSSR count). The second kappa shape index (κ2) is 8.40. The first-order valence-electron chi connectivity index (χ1n) is 7.36. The number of carbonyl (C=O) groups excluding carboxylic acids is 2. The number of nitrogens with one attached hydrogen (secondary N) is 1. The Bertz CT molecular complexity index is 657. The second-order valence-corrected chi connectivity index (χ2v) is 5.89. The third-order valence-corrected chi connectivity index (χ3v) is 3.96. The van der Waals surface area contributed by atoms with Crippen LogP contribution in [0.1, 0.15) is 23.0 Å². The number of benzene rings is 1. The number of hydrogen-bond acceptors (Lipinski definition) is 5. The number of rotatable bonds is 7. The van der Waals surface area contributed by atoms with Crippen molar-refractivity contribution in [3.05, 3.63) is 47.0 Å². The van der Waals surface area contributed by atoms with Gasteiger partial charge in [0.1, 0.15) is 5.69 Å². The van der Waals surface area contributed by atoms with Gasteiger partial charge in [0.2, 0.25) is 5.91 Å². The standard InChI is InChI=1S/C16H20N4O2S/c1-12(21)18-16-19-14(11-23-16)15(22)20(10-8-17)9-7-13-5-3-2-4-6-13/h2-6,11H,7-10,17H2,1H3,(H,18,19,21). The maximum absolute atomic E-state index is 12.6. The minimum Gasteiger partial charge on any atom is -0.336 e. The molecule has 3 N–H and O–H groups in total. The molecule has 0 saturated heterocycles. The van der Waals surface area contributed by atoms with Gasteiger partial charge >= 0.3 is 0 Å². The first-order chi connectivity index (χ1) is 11.1. The summed E-state index contributed by atoms with van der Waals surface area (Å²) in [6, 6.07) is 9.98. The highest BCUT2D eigenvalue weighted by molar-refractivity contribution is 7.14. The van der Waals surface area contributed by atoms with Crippen molar-refractivity contribution in [2.24, 2.45) is 5.73 Å². The van der Waals surface area contributed by atoms with Crippen LogP contribution >= 0.6 is 11.3 Å². The molecule has 0 aliphatic rings. The Morgan fingerprint density at radius 1 is 1.26 bits per heavy atom. The Hall–Kier alpha value is -2.25. The molecule has 0 aliphatic carbocycles. The topological polar surface area (TPSA) is 88.3 Å². The zero-order valence-corrected chi connectivity index (χ0v) is 13.8. The summed E-state index contributed by atoms with van der Waals surface area (Å²) in [5.41, 5.74) is 7.12. The monoisotopic (exact) mass is 332 g/mol. The fourth-order valence-corrected chi connectivity index (χ4v) is 2.85. The number of thiazole rings is 1. The number of nitrogens with zero attached hydrogens (tertiary/aromatic N) is 2. The molecule has 0 unspecified atom stereocenters. The molecule has 2 amide bonds. The zero-order chi connectivity index (χ0) is 16.7. The molecule has 7 heteroatoms. The normalized spacial score (nSPS) is 10.3. The van der Waals surface area contributed by atoms with E-state index >= 15 is 0 Å². The van der Waals surface area contributed by atoms with Gasteiger partial charge in [0.05, 0.1) is 0 Å². The molecule has 6 nitrogen and oxygen atoms in total. The third kappa shape index (κ3) is 5.15. The molecule has 1 aromatic carbocycles. The molecule has 122 valence electrons. The van der Waals surface area contributed by atoms with E-state index in [0.29, 0.717) is 30.5 Å². The number of carbonyl (C=O) groups is 2. The fraction of sp³-hybridized carbons (Fsp3) is 0.312. The van der Waals surface area contributed by atoms with E-state index in [1.54, 1.807) is 10.3 Å². The molecule has 0 atom stereocenters. The number of aromatic nitrogens is 1. The first kappa shape index (κ1) is 17.1. The van der Waals surface area contributed by atoms with Gasteiger partial charge in [-0.05, 0) is 12.0 Å². The zero-order valence-electron chi connectivity index (χ0n) is 13.0. The van der Waals surface area contributed by atoms with Crippen molar-refractivity contribution in [3.63, 3.8) is 0 Å². The minimum atomic E-state index is -0.207. The van der Waals surface area contributed by atoms with E-state index in [2.05, 4.69) is 10.3 Å². The Balaban J connectivity index is 2.02. The van der Waals surface area contributed by atoms with Gasteiger partial charge in [-0.3, -0.25) is 9.59 Å². The third-order valence-electron chi connectivity index (χ3n) is 3.21. The van der Waals surface area contributed by atoms with E-state index < -0.39 is 0 Å². The van der Waals surface area contributed by atoms with Crippen LogP contribution < -0.4 is 11.1 Å². The number of amides is 2. The highest BCUT2D eigenvalue weighted by Gasteiger charge is 2.18. The van der Waals surface area contributed by atoms with Gasteiger partial charge in [0, 0.05) is 31.9 Å². The molecule has 2 aromatic rings. The predicted molar refractivity (Wildman–Crippen MR) is 91.5 cm³/mol. The average molecular weight is 332 g/mol. The summed E-state index contributed by atoms with van der Waals surface area (Å²) in [7, 11) is 0.